The van der Waals surface area contributed by atoms with Crippen LogP contribution in [0.15, 0.2) is 36.4 Å². The molecule has 26 heavy (non-hydrogen) atoms. The minimum atomic E-state index is -0.672. The van der Waals surface area contributed by atoms with Gasteiger partial charge in [-0.3, -0.25) is 20.4 Å². The third kappa shape index (κ3) is 5.04. The van der Waals surface area contributed by atoms with Gasteiger partial charge in [0.1, 0.15) is 0 Å². The SMILES string of the molecule is CC(=O)NNC(=O)COC(=O)/C=C/c1c(C)nn(-c2ccccc2)c1C. The molecule has 136 valence electrons. The number of esters is 1. The molecule has 0 saturated carbocycles. The number of nitrogens with one attached hydrogen (secondary N) is 2. The molecule has 0 fully saturated rings. The van der Waals surface area contributed by atoms with Crippen molar-refractivity contribution in [2.24, 2.45) is 0 Å². The monoisotopic (exact) mass is 356 g/mol. The molecule has 1 heterocycles. The third-order valence-corrected chi connectivity index (χ3v) is 3.46. The molecule has 8 heteroatoms. The fourth-order valence-electron chi connectivity index (χ4n) is 2.25. The smallest absolute Gasteiger partial charge is 0.331 e. The fraction of sp³-hybridized carbons (Fsp3) is 0.222. The van der Waals surface area contributed by atoms with Crippen molar-refractivity contribution in [1.82, 2.24) is 20.6 Å². The first-order valence-electron chi connectivity index (χ1n) is 7.90. The van der Waals surface area contributed by atoms with Gasteiger partial charge in [0, 0.05) is 24.3 Å². The molecule has 2 rings (SSSR count). The van der Waals surface area contributed by atoms with E-state index in [9.17, 15) is 14.4 Å². The second-order valence-electron chi connectivity index (χ2n) is 5.50. The number of hydrazine groups is 1. The summed E-state index contributed by atoms with van der Waals surface area (Å²) < 4.78 is 6.61. The average molecular weight is 356 g/mol. The van der Waals surface area contributed by atoms with E-state index in [1.54, 1.807) is 10.8 Å². The van der Waals surface area contributed by atoms with Crippen LogP contribution in [-0.4, -0.2) is 34.2 Å². The molecule has 1 aromatic heterocycles. The minimum absolute atomic E-state index is 0.425. The summed E-state index contributed by atoms with van der Waals surface area (Å²) in [6.07, 6.45) is 2.84. The highest BCUT2D eigenvalue weighted by Gasteiger charge is 2.11. The van der Waals surface area contributed by atoms with Gasteiger partial charge in [-0.15, -0.1) is 0 Å². The summed E-state index contributed by atoms with van der Waals surface area (Å²) in [4.78, 5) is 33.8. The summed E-state index contributed by atoms with van der Waals surface area (Å²) in [6.45, 7) is 4.50. The Balaban J connectivity index is 2.00. The number of para-hydroxylation sites is 1. The number of ether oxygens (including phenoxy) is 1. The first-order chi connectivity index (χ1) is 12.4. The van der Waals surface area contributed by atoms with Crippen LogP contribution in [0.2, 0.25) is 0 Å². The van der Waals surface area contributed by atoms with Crippen LogP contribution in [0.25, 0.3) is 11.8 Å². The van der Waals surface area contributed by atoms with Gasteiger partial charge in [0.2, 0.25) is 5.91 Å². The molecule has 0 bridgehead atoms. The number of benzene rings is 1. The van der Waals surface area contributed by atoms with E-state index in [-0.39, 0.29) is 0 Å². The zero-order valence-corrected chi connectivity index (χ0v) is 14.8. The number of hydrogen-bond donors (Lipinski definition) is 2. The van der Waals surface area contributed by atoms with Crippen molar-refractivity contribution >= 4 is 23.9 Å². The molecule has 2 aromatic rings. The van der Waals surface area contributed by atoms with Gasteiger partial charge in [0.15, 0.2) is 6.61 Å². The summed E-state index contributed by atoms with van der Waals surface area (Å²) in [5, 5.41) is 4.48. The van der Waals surface area contributed by atoms with Crippen LogP contribution in [0.5, 0.6) is 0 Å². The van der Waals surface area contributed by atoms with E-state index in [1.165, 1.54) is 13.0 Å². The Hall–Kier alpha value is -3.42. The first kappa shape index (κ1) is 18.9. The predicted octanol–water partition coefficient (Wildman–Crippen LogP) is 1.21. The second-order valence-corrected chi connectivity index (χ2v) is 5.50. The molecule has 0 radical (unpaired) electrons. The maximum atomic E-state index is 11.8. The van der Waals surface area contributed by atoms with Crippen molar-refractivity contribution in [3.05, 3.63) is 53.4 Å². The second kappa shape index (κ2) is 8.61. The summed E-state index contributed by atoms with van der Waals surface area (Å²) >= 11 is 0. The molecule has 1 aromatic carbocycles. The highest BCUT2D eigenvalue weighted by molar-refractivity contribution is 5.90. The Labute approximate surface area is 150 Å². The standard InChI is InChI=1S/C18H20N4O4/c1-12-16(13(2)22(21-12)15-7-5-4-6-8-15)9-10-18(25)26-11-17(24)20-19-14(3)23/h4-10H,11H2,1-3H3,(H,19,23)(H,20,24)/b10-9+. The van der Waals surface area contributed by atoms with Gasteiger partial charge in [-0.25, -0.2) is 9.48 Å². The summed E-state index contributed by atoms with van der Waals surface area (Å²) in [6, 6.07) is 9.65. The maximum absolute atomic E-state index is 11.8. The van der Waals surface area contributed by atoms with E-state index in [4.69, 9.17) is 4.74 Å². The van der Waals surface area contributed by atoms with Crippen LogP contribution >= 0.6 is 0 Å². The van der Waals surface area contributed by atoms with Crippen molar-refractivity contribution < 1.29 is 19.1 Å². The lowest BCUT2D eigenvalue weighted by Crippen LogP contribution is -2.42. The van der Waals surface area contributed by atoms with Crippen LogP contribution in [0, 0.1) is 13.8 Å². The summed E-state index contributed by atoms with van der Waals surface area (Å²) in [5.74, 6) is -1.73. The van der Waals surface area contributed by atoms with E-state index in [1.807, 2.05) is 44.2 Å². The number of rotatable bonds is 5. The van der Waals surface area contributed by atoms with Crippen LogP contribution in [0.3, 0.4) is 0 Å². The molecule has 0 aliphatic rings. The molecule has 0 aliphatic carbocycles. The molecular weight excluding hydrogens is 336 g/mol. The summed E-state index contributed by atoms with van der Waals surface area (Å²) in [5.41, 5.74) is 7.56. The van der Waals surface area contributed by atoms with Crippen molar-refractivity contribution in [2.75, 3.05) is 6.61 Å². The van der Waals surface area contributed by atoms with Crippen molar-refractivity contribution in [1.29, 1.82) is 0 Å². The zero-order chi connectivity index (χ0) is 19.1. The van der Waals surface area contributed by atoms with Crippen LogP contribution in [-0.2, 0) is 19.1 Å². The molecule has 0 unspecified atom stereocenters. The molecule has 0 aliphatic heterocycles. The molecule has 0 saturated heterocycles. The van der Waals surface area contributed by atoms with Crippen molar-refractivity contribution in [2.45, 2.75) is 20.8 Å². The molecular formula is C18H20N4O4. The lowest BCUT2D eigenvalue weighted by molar-refractivity contribution is -0.144. The Morgan fingerprint density at radius 3 is 2.50 bits per heavy atom. The Kier molecular flexibility index (Phi) is 6.26. The van der Waals surface area contributed by atoms with E-state index >= 15 is 0 Å². The van der Waals surface area contributed by atoms with E-state index < -0.39 is 24.4 Å². The van der Waals surface area contributed by atoms with Gasteiger partial charge in [0.05, 0.1) is 11.4 Å². The number of hydrogen-bond acceptors (Lipinski definition) is 5. The normalized spacial score (nSPS) is 10.6. The summed E-state index contributed by atoms with van der Waals surface area (Å²) in [7, 11) is 0. The topological polar surface area (TPSA) is 102 Å². The molecule has 8 nitrogen and oxygen atoms in total. The largest absolute Gasteiger partial charge is 0.452 e. The van der Waals surface area contributed by atoms with Crippen molar-refractivity contribution in [3.8, 4) is 5.69 Å². The van der Waals surface area contributed by atoms with Gasteiger partial charge in [-0.05, 0) is 32.1 Å². The molecule has 0 spiro atoms. The van der Waals surface area contributed by atoms with E-state index in [2.05, 4.69) is 16.0 Å². The average Bonchev–Trinajstić information content (AvgIpc) is 2.91. The van der Waals surface area contributed by atoms with Gasteiger partial charge >= 0.3 is 5.97 Å². The lowest BCUT2D eigenvalue weighted by Gasteiger charge is -2.05. The van der Waals surface area contributed by atoms with E-state index in [0.717, 1.165) is 22.6 Å². The van der Waals surface area contributed by atoms with Crippen LogP contribution < -0.4 is 10.9 Å². The molecule has 0 atom stereocenters. The zero-order valence-electron chi connectivity index (χ0n) is 14.8. The first-order valence-corrected chi connectivity index (χ1v) is 7.90. The predicted molar refractivity (Wildman–Crippen MR) is 95.0 cm³/mol. The maximum Gasteiger partial charge on any atom is 0.331 e. The number of aryl methyl sites for hydroxylation is 1. The fourth-order valence-corrected chi connectivity index (χ4v) is 2.25. The Morgan fingerprint density at radius 2 is 1.85 bits per heavy atom. The number of carbonyl (C=O) groups excluding carboxylic acids is 3. The number of nitrogens with zero attached hydrogens (tertiary/aromatic N) is 2. The third-order valence-electron chi connectivity index (χ3n) is 3.46. The quantitative estimate of drug-likeness (QED) is 0.476. The molecule has 2 N–H and O–H groups in total. The molecule has 2 amide bonds. The number of amides is 2. The van der Waals surface area contributed by atoms with Crippen LogP contribution in [0.1, 0.15) is 23.9 Å². The van der Waals surface area contributed by atoms with Gasteiger partial charge in [0.25, 0.3) is 5.91 Å². The number of aromatic nitrogens is 2. The highest BCUT2D eigenvalue weighted by Crippen LogP contribution is 2.19. The van der Waals surface area contributed by atoms with Gasteiger partial charge in [-0.2, -0.15) is 5.10 Å². The van der Waals surface area contributed by atoms with E-state index in [0.29, 0.717) is 0 Å². The lowest BCUT2D eigenvalue weighted by atomic mass is 10.2. The highest BCUT2D eigenvalue weighted by atomic mass is 16.5. The van der Waals surface area contributed by atoms with Gasteiger partial charge < -0.3 is 4.74 Å². The van der Waals surface area contributed by atoms with Crippen molar-refractivity contribution in [3.63, 3.8) is 0 Å². The Morgan fingerprint density at radius 1 is 1.15 bits per heavy atom. The van der Waals surface area contributed by atoms with Crippen LogP contribution in [0.4, 0.5) is 0 Å². The minimum Gasteiger partial charge on any atom is -0.452 e. The van der Waals surface area contributed by atoms with Gasteiger partial charge in [-0.1, -0.05) is 18.2 Å². The number of carbonyl (C=O) groups is 3. The Bertz CT molecular complexity index is 840.